The van der Waals surface area contributed by atoms with Crippen molar-refractivity contribution in [1.82, 2.24) is 30.3 Å². The van der Waals surface area contributed by atoms with E-state index < -0.39 is 12.1 Å². The van der Waals surface area contributed by atoms with Gasteiger partial charge < -0.3 is 34.5 Å². The summed E-state index contributed by atoms with van der Waals surface area (Å²) in [7, 11) is 3.11. The van der Waals surface area contributed by atoms with Crippen molar-refractivity contribution < 1.29 is 33.3 Å². The number of hydrogen-bond acceptors (Lipinski definition) is 9. The zero-order valence-corrected chi connectivity index (χ0v) is 27.4. The third kappa shape index (κ3) is 6.79. The number of carbonyl (C=O) groups is 3. The van der Waals surface area contributed by atoms with E-state index in [0.29, 0.717) is 45.4 Å². The number of ether oxygens (including phenoxy) is 4. The predicted octanol–water partition coefficient (Wildman–Crippen LogP) is 3.66. The molecule has 50 heavy (non-hydrogen) atoms. The molecule has 3 aliphatic rings. The zero-order chi connectivity index (χ0) is 34.6. The number of nitrogens with one attached hydrogen (secondary N) is 2. The normalized spacial score (nSPS) is 17.4. The van der Waals surface area contributed by atoms with Crippen molar-refractivity contribution in [3.05, 3.63) is 114 Å². The molecule has 13 nitrogen and oxygen atoms in total. The first kappa shape index (κ1) is 32.2. The highest BCUT2D eigenvalue weighted by Gasteiger charge is 2.39. The summed E-state index contributed by atoms with van der Waals surface area (Å²) in [5.41, 5.74) is 3.57. The minimum Gasteiger partial charge on any atom is -0.496 e. The number of benzene rings is 3. The summed E-state index contributed by atoms with van der Waals surface area (Å²) in [6.07, 6.45) is 5.68. The Morgan fingerprint density at radius 3 is 2.56 bits per heavy atom. The number of pyridine rings is 1. The van der Waals surface area contributed by atoms with Crippen LogP contribution in [0.3, 0.4) is 0 Å². The molecule has 3 aliphatic heterocycles. The minimum absolute atomic E-state index is 0.183. The third-order valence-corrected chi connectivity index (χ3v) is 8.59. The van der Waals surface area contributed by atoms with Crippen molar-refractivity contribution in [2.45, 2.75) is 18.7 Å². The zero-order valence-electron chi connectivity index (χ0n) is 27.4. The lowest BCUT2D eigenvalue weighted by atomic mass is 10.1. The van der Waals surface area contributed by atoms with Crippen molar-refractivity contribution in [2.75, 3.05) is 33.9 Å². The number of likely N-dealkylation sites (tertiary alicyclic amines) is 1. The summed E-state index contributed by atoms with van der Waals surface area (Å²) < 4.78 is 24.9. The molecule has 0 unspecified atom stereocenters. The van der Waals surface area contributed by atoms with Crippen LogP contribution in [-0.2, 0) is 11.3 Å². The Balaban J connectivity index is 1.20. The summed E-state index contributed by atoms with van der Waals surface area (Å²) >= 11 is 0. The highest BCUT2D eigenvalue weighted by Crippen LogP contribution is 2.29. The summed E-state index contributed by atoms with van der Waals surface area (Å²) in [4.78, 5) is 46.2. The van der Waals surface area contributed by atoms with Crippen molar-refractivity contribution >= 4 is 17.7 Å². The molecule has 3 aromatic carbocycles. The largest absolute Gasteiger partial charge is 0.496 e. The number of rotatable bonds is 4. The average Bonchev–Trinajstić information content (AvgIpc) is 3.80. The standard InChI is InChI=1S/C37H34N6O7/c1-47-32-9-4-3-8-31(32)43-19-27(18-40-43)37(46)42-20-30-34(21-42)50-29-11-10-24(33(14-29)48-2)17-39-35(44)22-49-28-7-5-6-23(13-28)25-12-26(16-38-15-25)36(45)41-30/h3-16,18-19,30,34H,17,20-22H2,1-2H3,(H,39,44)(H,41,45)/t30-,34-/m0/s1. The van der Waals surface area contributed by atoms with E-state index in [9.17, 15) is 14.4 Å². The van der Waals surface area contributed by atoms with Crippen LogP contribution in [0.15, 0.2) is 97.6 Å². The number of hydrogen-bond donors (Lipinski definition) is 2. The monoisotopic (exact) mass is 674 g/mol. The molecule has 254 valence electrons. The number of para-hydroxylation sites is 2. The van der Waals surface area contributed by atoms with Gasteiger partial charge in [0.15, 0.2) is 6.61 Å². The molecule has 8 rings (SSSR count). The number of aromatic nitrogens is 3. The molecule has 2 aromatic heterocycles. The number of fused-ring (bicyclic) bond motifs is 7. The molecule has 6 bridgehead atoms. The van der Waals surface area contributed by atoms with E-state index in [-0.39, 0.29) is 44.0 Å². The number of amides is 3. The lowest BCUT2D eigenvalue weighted by Crippen LogP contribution is -2.45. The van der Waals surface area contributed by atoms with E-state index in [1.807, 2.05) is 30.3 Å². The molecule has 1 saturated heterocycles. The summed E-state index contributed by atoms with van der Waals surface area (Å²) in [5.74, 6) is 1.14. The van der Waals surface area contributed by atoms with Crippen LogP contribution in [0.4, 0.5) is 0 Å². The number of nitrogens with zero attached hydrogens (tertiary/aromatic N) is 4. The molecule has 5 heterocycles. The Labute approximate surface area is 287 Å². The number of methoxy groups -OCH3 is 2. The molecule has 13 heteroatoms. The molecule has 0 radical (unpaired) electrons. The summed E-state index contributed by atoms with van der Waals surface area (Å²) in [5, 5.41) is 10.4. The molecule has 0 aliphatic carbocycles. The second-order valence-corrected chi connectivity index (χ2v) is 11.8. The first-order valence-electron chi connectivity index (χ1n) is 16.0. The second kappa shape index (κ2) is 14.0. The van der Waals surface area contributed by atoms with E-state index in [4.69, 9.17) is 18.9 Å². The van der Waals surface area contributed by atoms with Gasteiger partial charge in [0.25, 0.3) is 17.7 Å². The molecule has 0 saturated carbocycles. The Hall–Kier alpha value is -6.37. The maximum absolute atomic E-state index is 13.8. The van der Waals surface area contributed by atoms with Gasteiger partial charge in [-0.25, -0.2) is 4.68 Å². The Morgan fingerprint density at radius 1 is 0.860 bits per heavy atom. The molecule has 3 amide bonds. The maximum Gasteiger partial charge on any atom is 0.258 e. The minimum atomic E-state index is -0.613. The average molecular weight is 675 g/mol. The van der Waals surface area contributed by atoms with Crippen LogP contribution in [-0.4, -0.2) is 83.4 Å². The van der Waals surface area contributed by atoms with E-state index in [1.165, 1.54) is 19.5 Å². The highest BCUT2D eigenvalue weighted by molar-refractivity contribution is 5.96. The van der Waals surface area contributed by atoms with Gasteiger partial charge in [-0.2, -0.15) is 5.10 Å². The molecule has 1 fully saturated rings. The van der Waals surface area contributed by atoms with Crippen molar-refractivity contribution in [1.29, 1.82) is 0 Å². The van der Waals surface area contributed by atoms with Gasteiger partial charge >= 0.3 is 0 Å². The molecule has 0 spiro atoms. The topological polar surface area (TPSA) is 146 Å². The van der Waals surface area contributed by atoms with E-state index >= 15 is 0 Å². The van der Waals surface area contributed by atoms with Crippen molar-refractivity contribution in [3.63, 3.8) is 0 Å². The lowest BCUT2D eigenvalue weighted by Gasteiger charge is -2.22. The fraction of sp³-hybridized carbons (Fsp3) is 0.216. The SMILES string of the molecule is COc1cc2ccc1CNC(=O)COc1cccc(c1)-c1cncc(c1)C(=O)N[C@H]1CN(C(=O)c3cnn(-c4ccccc4OC)c3)C[C@@H]1O2. The summed E-state index contributed by atoms with van der Waals surface area (Å²) in [6.45, 7) is 0.391. The van der Waals surface area contributed by atoms with Gasteiger partial charge in [-0.3, -0.25) is 19.4 Å². The van der Waals surface area contributed by atoms with Crippen LogP contribution in [0.5, 0.6) is 23.0 Å². The predicted molar refractivity (Wildman–Crippen MR) is 182 cm³/mol. The van der Waals surface area contributed by atoms with Gasteiger partial charge in [-0.05, 0) is 48.0 Å². The van der Waals surface area contributed by atoms with Crippen LogP contribution in [0.1, 0.15) is 26.3 Å². The molecular formula is C37H34N6O7. The van der Waals surface area contributed by atoms with Crippen molar-refractivity contribution in [3.8, 4) is 39.8 Å². The quantitative estimate of drug-likeness (QED) is 0.292. The lowest BCUT2D eigenvalue weighted by molar-refractivity contribution is -0.123. The van der Waals surface area contributed by atoms with E-state index in [2.05, 4.69) is 20.7 Å². The number of carbonyl (C=O) groups excluding carboxylic acids is 3. The van der Waals surface area contributed by atoms with E-state index in [1.54, 1.807) is 71.5 Å². The van der Waals surface area contributed by atoms with Gasteiger partial charge in [-0.1, -0.05) is 24.3 Å². The van der Waals surface area contributed by atoms with Gasteiger partial charge in [-0.15, -0.1) is 0 Å². The Bertz CT molecular complexity index is 2060. The summed E-state index contributed by atoms with van der Waals surface area (Å²) in [6, 6.07) is 21.0. The van der Waals surface area contributed by atoms with Crippen LogP contribution in [0, 0.1) is 0 Å². The Morgan fingerprint density at radius 2 is 1.70 bits per heavy atom. The van der Waals surface area contributed by atoms with E-state index in [0.717, 1.165) is 11.1 Å². The van der Waals surface area contributed by atoms with Gasteiger partial charge in [0.2, 0.25) is 0 Å². The van der Waals surface area contributed by atoms with Gasteiger partial charge in [0.1, 0.15) is 34.8 Å². The highest BCUT2D eigenvalue weighted by atomic mass is 16.5. The fourth-order valence-corrected chi connectivity index (χ4v) is 6.02. The first-order chi connectivity index (χ1) is 24.4. The third-order valence-electron chi connectivity index (χ3n) is 8.59. The van der Waals surface area contributed by atoms with Gasteiger partial charge in [0, 0.05) is 48.9 Å². The molecule has 5 aromatic rings. The molecular weight excluding hydrogens is 640 g/mol. The second-order valence-electron chi connectivity index (χ2n) is 11.8. The first-order valence-corrected chi connectivity index (χ1v) is 16.0. The van der Waals surface area contributed by atoms with Crippen LogP contribution in [0.25, 0.3) is 16.8 Å². The van der Waals surface area contributed by atoms with Gasteiger partial charge in [0.05, 0.1) is 44.1 Å². The van der Waals surface area contributed by atoms with Crippen LogP contribution in [0.2, 0.25) is 0 Å². The molecule has 2 N–H and O–H groups in total. The fourth-order valence-electron chi connectivity index (χ4n) is 6.02. The van der Waals surface area contributed by atoms with Crippen LogP contribution < -0.4 is 29.6 Å². The molecule has 2 atom stereocenters. The van der Waals surface area contributed by atoms with Crippen LogP contribution >= 0.6 is 0 Å². The van der Waals surface area contributed by atoms with Crippen molar-refractivity contribution in [2.24, 2.45) is 0 Å². The maximum atomic E-state index is 13.8. The smallest absolute Gasteiger partial charge is 0.258 e. The Kier molecular flexibility index (Phi) is 9.02.